The average Bonchev–Trinajstić information content (AvgIpc) is 2.36. The maximum atomic E-state index is 11.6. The second kappa shape index (κ2) is 7.36. The Balaban J connectivity index is 2.53. The quantitative estimate of drug-likeness (QED) is 0.739. The number of nitrogens with one attached hydrogen (secondary N) is 1. The second-order valence-corrected chi connectivity index (χ2v) is 4.95. The van der Waals surface area contributed by atoms with Crippen molar-refractivity contribution in [3.8, 4) is 0 Å². The number of carbonyl (C=O) groups excluding carboxylic acids is 2. The summed E-state index contributed by atoms with van der Waals surface area (Å²) in [4.78, 5) is 25.0. The van der Waals surface area contributed by atoms with Crippen LogP contribution in [0, 0.1) is 5.92 Å². The number of amides is 1. The lowest BCUT2D eigenvalue weighted by atomic mass is 9.95. The molecule has 5 nitrogen and oxygen atoms in total. The zero-order valence-electron chi connectivity index (χ0n) is 11.6. The van der Waals surface area contributed by atoms with Crippen LogP contribution in [-0.2, 0) is 14.3 Å². The summed E-state index contributed by atoms with van der Waals surface area (Å²) in [6.45, 7) is 6.15. The molecule has 0 saturated carbocycles. The van der Waals surface area contributed by atoms with Crippen LogP contribution in [0.3, 0.4) is 0 Å². The van der Waals surface area contributed by atoms with Crippen molar-refractivity contribution < 1.29 is 14.3 Å². The molecule has 18 heavy (non-hydrogen) atoms. The van der Waals surface area contributed by atoms with Crippen LogP contribution in [0.2, 0.25) is 0 Å². The van der Waals surface area contributed by atoms with Gasteiger partial charge in [0.25, 0.3) is 0 Å². The second-order valence-electron chi connectivity index (χ2n) is 4.95. The summed E-state index contributed by atoms with van der Waals surface area (Å²) in [5.41, 5.74) is 0. The van der Waals surface area contributed by atoms with E-state index in [2.05, 4.69) is 17.1 Å². The van der Waals surface area contributed by atoms with Crippen molar-refractivity contribution in [2.45, 2.75) is 39.2 Å². The monoisotopic (exact) mass is 256 g/mol. The molecule has 1 heterocycles. The lowest BCUT2D eigenvalue weighted by Crippen LogP contribution is -2.50. The van der Waals surface area contributed by atoms with E-state index in [4.69, 9.17) is 4.74 Å². The highest BCUT2D eigenvalue weighted by molar-refractivity contribution is 5.83. The van der Waals surface area contributed by atoms with E-state index in [1.54, 1.807) is 0 Å². The van der Waals surface area contributed by atoms with Gasteiger partial charge in [-0.05, 0) is 25.3 Å². The Morgan fingerprint density at radius 1 is 1.50 bits per heavy atom. The Hall–Kier alpha value is -1.10. The van der Waals surface area contributed by atoms with E-state index in [0.717, 1.165) is 19.5 Å². The molecule has 0 aromatic rings. The lowest BCUT2D eigenvalue weighted by Gasteiger charge is -2.34. The van der Waals surface area contributed by atoms with Crippen molar-refractivity contribution in [3.05, 3.63) is 0 Å². The van der Waals surface area contributed by atoms with Gasteiger partial charge in [-0.3, -0.25) is 4.79 Å². The first-order chi connectivity index (χ1) is 8.56. The van der Waals surface area contributed by atoms with Crippen molar-refractivity contribution in [1.29, 1.82) is 0 Å². The van der Waals surface area contributed by atoms with Crippen LogP contribution in [0.15, 0.2) is 0 Å². The van der Waals surface area contributed by atoms with Gasteiger partial charge in [0, 0.05) is 20.0 Å². The van der Waals surface area contributed by atoms with Gasteiger partial charge in [0.2, 0.25) is 5.91 Å². The van der Waals surface area contributed by atoms with Gasteiger partial charge < -0.3 is 15.0 Å². The molecular weight excluding hydrogens is 232 g/mol. The number of likely N-dealkylation sites (tertiary alicyclic amines) is 1. The van der Waals surface area contributed by atoms with Gasteiger partial charge in [-0.1, -0.05) is 13.3 Å². The predicted octanol–water partition coefficient (Wildman–Crippen LogP) is 0.786. The number of hydrogen-bond donors (Lipinski definition) is 1. The molecule has 0 aromatic carbocycles. The highest BCUT2D eigenvalue weighted by Gasteiger charge is 2.26. The van der Waals surface area contributed by atoms with Crippen molar-refractivity contribution in [3.63, 3.8) is 0 Å². The highest BCUT2D eigenvalue weighted by atomic mass is 16.5. The number of rotatable bonds is 5. The fourth-order valence-corrected chi connectivity index (χ4v) is 2.48. The third kappa shape index (κ3) is 4.64. The summed E-state index contributed by atoms with van der Waals surface area (Å²) in [7, 11) is 1.35. The minimum absolute atomic E-state index is 0.200. The van der Waals surface area contributed by atoms with E-state index >= 15 is 0 Å². The first-order valence-electron chi connectivity index (χ1n) is 6.64. The van der Waals surface area contributed by atoms with Gasteiger partial charge in [-0.25, -0.2) is 4.79 Å². The van der Waals surface area contributed by atoms with Crippen LogP contribution in [0.4, 0.5) is 0 Å². The first-order valence-corrected chi connectivity index (χ1v) is 6.64. The minimum Gasteiger partial charge on any atom is -0.467 e. The minimum atomic E-state index is -0.553. The summed E-state index contributed by atoms with van der Waals surface area (Å²) in [6, 6.07) is -0.553. The van der Waals surface area contributed by atoms with E-state index in [1.807, 2.05) is 0 Å². The highest BCUT2D eigenvalue weighted by Crippen LogP contribution is 2.19. The van der Waals surface area contributed by atoms with Gasteiger partial charge in [0.1, 0.15) is 6.04 Å². The Kier molecular flexibility index (Phi) is 6.12. The van der Waals surface area contributed by atoms with Crippen LogP contribution in [0.1, 0.15) is 33.1 Å². The maximum Gasteiger partial charge on any atom is 0.329 e. The third-order valence-electron chi connectivity index (χ3n) is 3.48. The summed E-state index contributed by atoms with van der Waals surface area (Å²) in [6.07, 6.45) is 3.59. The molecule has 104 valence electrons. The summed E-state index contributed by atoms with van der Waals surface area (Å²) in [5, 5.41) is 2.66. The Labute approximate surface area is 109 Å². The number of hydrogen-bond acceptors (Lipinski definition) is 4. The van der Waals surface area contributed by atoms with Gasteiger partial charge in [0.05, 0.1) is 7.11 Å². The van der Waals surface area contributed by atoms with E-state index in [1.165, 1.54) is 26.9 Å². The molecule has 2 unspecified atom stereocenters. The number of nitrogens with zero attached hydrogens (tertiary/aromatic N) is 1. The number of carbonyl (C=O) groups is 2. The Morgan fingerprint density at radius 3 is 2.78 bits per heavy atom. The smallest absolute Gasteiger partial charge is 0.329 e. The fourth-order valence-electron chi connectivity index (χ4n) is 2.48. The van der Waals surface area contributed by atoms with Crippen molar-refractivity contribution in [2.24, 2.45) is 5.92 Å². The zero-order valence-corrected chi connectivity index (χ0v) is 11.6. The van der Waals surface area contributed by atoms with Gasteiger partial charge >= 0.3 is 5.97 Å². The molecule has 2 atom stereocenters. The van der Waals surface area contributed by atoms with E-state index in [9.17, 15) is 9.59 Å². The van der Waals surface area contributed by atoms with Gasteiger partial charge in [0.15, 0.2) is 0 Å². The van der Waals surface area contributed by atoms with E-state index in [0.29, 0.717) is 12.5 Å². The van der Waals surface area contributed by atoms with Crippen LogP contribution >= 0.6 is 0 Å². The molecule has 5 heteroatoms. The van der Waals surface area contributed by atoms with Crippen LogP contribution < -0.4 is 5.32 Å². The summed E-state index contributed by atoms with van der Waals surface area (Å²) >= 11 is 0. The molecule has 1 fully saturated rings. The van der Waals surface area contributed by atoms with Crippen LogP contribution in [0.25, 0.3) is 0 Å². The van der Waals surface area contributed by atoms with Crippen LogP contribution in [0.5, 0.6) is 0 Å². The topological polar surface area (TPSA) is 58.6 Å². The number of ether oxygens (including phenoxy) is 1. The molecule has 0 radical (unpaired) electrons. The molecule has 1 saturated heterocycles. The molecule has 0 aromatic heterocycles. The lowest BCUT2D eigenvalue weighted by molar-refractivity contribution is -0.145. The molecule has 1 amide bonds. The molecule has 0 bridgehead atoms. The van der Waals surface area contributed by atoms with Gasteiger partial charge in [-0.2, -0.15) is 0 Å². The molecule has 1 aliphatic rings. The number of esters is 1. The first kappa shape index (κ1) is 15.0. The van der Waals surface area contributed by atoms with Crippen molar-refractivity contribution >= 4 is 11.9 Å². The van der Waals surface area contributed by atoms with E-state index in [-0.39, 0.29) is 11.9 Å². The molecule has 1 aliphatic heterocycles. The molecule has 0 spiro atoms. The average molecular weight is 256 g/mol. The normalized spacial score (nSPS) is 22.3. The van der Waals surface area contributed by atoms with Crippen molar-refractivity contribution in [2.75, 3.05) is 26.7 Å². The molecule has 1 rings (SSSR count). The molecule has 1 N–H and O–H groups in total. The number of piperidine rings is 1. The number of methoxy groups -OCH3 is 1. The van der Waals surface area contributed by atoms with E-state index < -0.39 is 6.04 Å². The van der Waals surface area contributed by atoms with Crippen LogP contribution in [-0.4, -0.2) is 49.6 Å². The summed E-state index contributed by atoms with van der Waals surface area (Å²) < 4.78 is 4.73. The SMILES string of the molecule is CCC1CCCN(CC(NC(C)=O)C(=O)OC)C1. The summed E-state index contributed by atoms with van der Waals surface area (Å²) in [5.74, 6) is 0.132. The zero-order chi connectivity index (χ0) is 13.5. The molecular formula is C13H24N2O3. The fraction of sp³-hybridized carbons (Fsp3) is 0.846. The Bertz CT molecular complexity index is 294. The largest absolute Gasteiger partial charge is 0.467 e. The Morgan fingerprint density at radius 2 is 2.22 bits per heavy atom. The standard InChI is InChI=1S/C13H24N2O3/c1-4-11-6-5-7-15(8-11)9-12(13(17)18-3)14-10(2)16/h11-12H,4-9H2,1-3H3,(H,14,16). The molecule has 0 aliphatic carbocycles. The van der Waals surface area contributed by atoms with Gasteiger partial charge in [-0.15, -0.1) is 0 Å². The maximum absolute atomic E-state index is 11.6. The predicted molar refractivity (Wildman–Crippen MR) is 69.1 cm³/mol. The van der Waals surface area contributed by atoms with Crippen molar-refractivity contribution in [1.82, 2.24) is 10.2 Å². The third-order valence-corrected chi connectivity index (χ3v) is 3.48.